The molecule has 1 aromatic heterocycles. The van der Waals surface area contributed by atoms with E-state index >= 15 is 0 Å². The average Bonchev–Trinajstić information content (AvgIpc) is 2.63. The van der Waals surface area contributed by atoms with E-state index in [-0.39, 0.29) is 17.9 Å². The Balaban J connectivity index is 1.53. The lowest BCUT2D eigenvalue weighted by Crippen LogP contribution is -2.49. The molecule has 2 heterocycles. The predicted octanol–water partition coefficient (Wildman–Crippen LogP) is 0.542. The molecule has 1 fully saturated rings. The summed E-state index contributed by atoms with van der Waals surface area (Å²) < 4.78 is 0. The van der Waals surface area contributed by atoms with Crippen molar-refractivity contribution in [3.05, 3.63) is 58.4 Å². The Morgan fingerprint density at radius 2 is 1.83 bits per heavy atom. The first-order valence-electron chi connectivity index (χ1n) is 7.95. The van der Waals surface area contributed by atoms with Crippen LogP contribution in [-0.4, -0.2) is 52.3 Å². The van der Waals surface area contributed by atoms with Gasteiger partial charge in [-0.15, -0.1) is 0 Å². The third kappa shape index (κ3) is 3.80. The van der Waals surface area contributed by atoms with Gasteiger partial charge in [0.05, 0.1) is 12.5 Å². The molecule has 1 unspecified atom stereocenters. The Kier molecular flexibility index (Phi) is 4.90. The molecule has 0 aliphatic carbocycles. The number of hydrogen-bond donors (Lipinski definition) is 2. The van der Waals surface area contributed by atoms with Crippen LogP contribution in [0.1, 0.15) is 18.1 Å². The lowest BCUT2D eigenvalue weighted by Gasteiger charge is -2.35. The van der Waals surface area contributed by atoms with Crippen LogP contribution in [0.15, 0.2) is 47.3 Å². The molecule has 2 aromatic rings. The van der Waals surface area contributed by atoms with Crippen LogP contribution in [0.4, 0.5) is 5.82 Å². The second-order valence-electron chi connectivity index (χ2n) is 5.78. The Bertz CT molecular complexity index is 719. The van der Waals surface area contributed by atoms with E-state index in [1.54, 1.807) is 11.0 Å². The number of aromatic amines is 1. The summed E-state index contributed by atoms with van der Waals surface area (Å²) in [6.45, 7) is 2.43. The van der Waals surface area contributed by atoms with Gasteiger partial charge in [-0.3, -0.25) is 9.59 Å². The lowest BCUT2D eigenvalue weighted by molar-refractivity contribution is -0.133. The molecule has 1 atom stereocenters. The summed E-state index contributed by atoms with van der Waals surface area (Å²) >= 11 is 0. The van der Waals surface area contributed by atoms with Crippen LogP contribution in [0.5, 0.6) is 0 Å². The molecule has 1 aliphatic heterocycles. The third-order valence-corrected chi connectivity index (χ3v) is 4.17. The Morgan fingerprint density at radius 1 is 1.12 bits per heavy atom. The van der Waals surface area contributed by atoms with Crippen molar-refractivity contribution in [2.75, 3.05) is 31.1 Å². The van der Waals surface area contributed by atoms with Crippen molar-refractivity contribution < 1.29 is 9.90 Å². The fourth-order valence-corrected chi connectivity index (χ4v) is 2.79. The summed E-state index contributed by atoms with van der Waals surface area (Å²) in [5.74, 6) is 0.645. The van der Waals surface area contributed by atoms with Gasteiger partial charge in [0.1, 0.15) is 5.82 Å². The van der Waals surface area contributed by atoms with Crippen LogP contribution >= 0.6 is 0 Å². The van der Waals surface area contributed by atoms with Crippen LogP contribution in [0, 0.1) is 0 Å². The molecule has 2 N–H and O–H groups in total. The molecule has 7 nitrogen and oxygen atoms in total. The first-order chi connectivity index (χ1) is 11.6. The lowest BCUT2D eigenvalue weighted by atomic mass is 10.1. The van der Waals surface area contributed by atoms with Gasteiger partial charge in [0.2, 0.25) is 5.91 Å². The Labute approximate surface area is 139 Å². The highest BCUT2D eigenvalue weighted by Gasteiger charge is 2.24. The van der Waals surface area contributed by atoms with E-state index in [0.29, 0.717) is 32.0 Å². The summed E-state index contributed by atoms with van der Waals surface area (Å²) in [6.07, 6.45) is -0.696. The number of aliphatic hydroxyl groups excluding tert-OH is 1. The number of carbonyl (C=O) groups is 1. The molecule has 24 heavy (non-hydrogen) atoms. The van der Waals surface area contributed by atoms with Crippen LogP contribution < -0.4 is 10.5 Å². The molecule has 126 valence electrons. The number of piperazine rings is 1. The third-order valence-electron chi connectivity index (χ3n) is 4.17. The summed E-state index contributed by atoms with van der Waals surface area (Å²) in [5, 5.41) is 16.6. The van der Waals surface area contributed by atoms with Gasteiger partial charge in [-0.2, -0.15) is 5.10 Å². The van der Waals surface area contributed by atoms with E-state index < -0.39 is 6.10 Å². The van der Waals surface area contributed by atoms with Gasteiger partial charge >= 0.3 is 0 Å². The van der Waals surface area contributed by atoms with Crippen molar-refractivity contribution in [3.63, 3.8) is 0 Å². The minimum absolute atomic E-state index is 0.0552. The van der Waals surface area contributed by atoms with Crippen LogP contribution in [0.25, 0.3) is 0 Å². The van der Waals surface area contributed by atoms with E-state index in [2.05, 4.69) is 10.2 Å². The van der Waals surface area contributed by atoms with Gasteiger partial charge in [0.25, 0.3) is 5.56 Å². The highest BCUT2D eigenvalue weighted by atomic mass is 16.3. The maximum absolute atomic E-state index is 12.4. The number of nitrogens with one attached hydrogen (secondary N) is 1. The predicted molar refractivity (Wildman–Crippen MR) is 89.7 cm³/mol. The monoisotopic (exact) mass is 328 g/mol. The Morgan fingerprint density at radius 3 is 2.46 bits per heavy atom. The summed E-state index contributed by atoms with van der Waals surface area (Å²) in [4.78, 5) is 27.2. The fourth-order valence-electron chi connectivity index (χ4n) is 2.79. The highest BCUT2D eigenvalue weighted by molar-refractivity contribution is 5.77. The number of H-pyrrole nitrogens is 1. The van der Waals surface area contributed by atoms with E-state index in [1.807, 2.05) is 35.2 Å². The van der Waals surface area contributed by atoms with E-state index in [9.17, 15) is 14.7 Å². The largest absolute Gasteiger partial charge is 0.388 e. The fraction of sp³-hybridized carbons (Fsp3) is 0.353. The minimum atomic E-state index is -0.780. The van der Waals surface area contributed by atoms with Crippen molar-refractivity contribution in [1.82, 2.24) is 15.1 Å². The van der Waals surface area contributed by atoms with E-state index in [4.69, 9.17) is 0 Å². The van der Waals surface area contributed by atoms with Gasteiger partial charge in [0.15, 0.2) is 0 Å². The number of anilines is 1. The number of rotatable bonds is 4. The van der Waals surface area contributed by atoms with Gasteiger partial charge in [0, 0.05) is 32.2 Å². The summed E-state index contributed by atoms with van der Waals surface area (Å²) in [7, 11) is 0. The number of aliphatic hydroxyl groups is 1. The second-order valence-corrected chi connectivity index (χ2v) is 5.78. The van der Waals surface area contributed by atoms with Crippen molar-refractivity contribution in [2.45, 2.75) is 12.5 Å². The van der Waals surface area contributed by atoms with Crippen LogP contribution in [0.3, 0.4) is 0 Å². The van der Waals surface area contributed by atoms with Gasteiger partial charge < -0.3 is 14.9 Å². The number of amides is 1. The average molecular weight is 328 g/mol. The Hall–Kier alpha value is -2.67. The molecular formula is C17H20N4O3. The highest BCUT2D eigenvalue weighted by Crippen LogP contribution is 2.18. The summed E-state index contributed by atoms with van der Waals surface area (Å²) in [5.41, 5.74) is 0.518. The molecule has 3 rings (SSSR count). The molecule has 1 aliphatic rings. The van der Waals surface area contributed by atoms with E-state index in [1.165, 1.54) is 6.07 Å². The van der Waals surface area contributed by atoms with Crippen LogP contribution in [-0.2, 0) is 4.79 Å². The molecule has 0 spiro atoms. The number of nitrogens with zero attached hydrogens (tertiary/aromatic N) is 3. The molecule has 7 heteroatoms. The number of hydrogen-bond acceptors (Lipinski definition) is 5. The molecule has 1 amide bonds. The number of aromatic nitrogens is 2. The number of benzene rings is 1. The maximum atomic E-state index is 12.4. The molecule has 1 aromatic carbocycles. The van der Waals surface area contributed by atoms with Crippen molar-refractivity contribution in [2.24, 2.45) is 0 Å². The smallest absolute Gasteiger partial charge is 0.264 e. The zero-order valence-corrected chi connectivity index (χ0v) is 13.3. The summed E-state index contributed by atoms with van der Waals surface area (Å²) in [6, 6.07) is 12.3. The van der Waals surface area contributed by atoms with Crippen molar-refractivity contribution in [1.29, 1.82) is 0 Å². The van der Waals surface area contributed by atoms with Gasteiger partial charge in [-0.05, 0) is 11.6 Å². The number of carbonyl (C=O) groups excluding carboxylic acids is 1. The van der Waals surface area contributed by atoms with Crippen molar-refractivity contribution >= 4 is 11.7 Å². The second kappa shape index (κ2) is 7.27. The van der Waals surface area contributed by atoms with Crippen molar-refractivity contribution in [3.8, 4) is 0 Å². The standard InChI is InChI=1S/C17H20N4O3/c22-14(13-4-2-1-3-5-13)12-17(24)21-10-8-20(9-11-21)15-6-7-16(23)19-18-15/h1-7,14,22H,8-12H2,(H,19,23). The van der Waals surface area contributed by atoms with Crippen LogP contribution in [0.2, 0.25) is 0 Å². The van der Waals surface area contributed by atoms with Gasteiger partial charge in [-0.25, -0.2) is 5.10 Å². The first kappa shape index (κ1) is 16.2. The van der Waals surface area contributed by atoms with E-state index in [0.717, 1.165) is 5.56 Å². The molecular weight excluding hydrogens is 308 g/mol. The quantitative estimate of drug-likeness (QED) is 0.855. The molecule has 0 radical (unpaired) electrons. The molecule has 0 bridgehead atoms. The zero-order chi connectivity index (χ0) is 16.9. The topological polar surface area (TPSA) is 89.5 Å². The SMILES string of the molecule is O=C(CC(O)c1ccccc1)N1CCN(c2ccc(=O)[nH]n2)CC1. The normalized spacial score (nSPS) is 16.0. The zero-order valence-electron chi connectivity index (χ0n) is 13.3. The minimum Gasteiger partial charge on any atom is -0.388 e. The maximum Gasteiger partial charge on any atom is 0.264 e. The molecule has 1 saturated heterocycles. The first-order valence-corrected chi connectivity index (χ1v) is 7.95. The van der Waals surface area contributed by atoms with Gasteiger partial charge in [-0.1, -0.05) is 30.3 Å². The molecule has 0 saturated carbocycles.